The number of nitrogens with one attached hydrogen (secondary N) is 1. The molecular weight excluding hydrogens is 459 g/mol. The number of rotatable bonds is 13. The second-order valence-electron chi connectivity index (χ2n) is 6.83. The molecule has 0 amide bonds. The summed E-state index contributed by atoms with van der Waals surface area (Å²) in [6.45, 7) is 2.08. The lowest BCUT2D eigenvalue weighted by molar-refractivity contribution is -0.192. The number of aryl methyl sites for hydroxylation is 1. The van der Waals surface area contributed by atoms with Crippen LogP contribution in [0.5, 0.6) is 5.75 Å². The molecule has 2 aromatic rings. The molecular formula is C23H28F3NO5S. The van der Waals surface area contributed by atoms with Gasteiger partial charge in [0.05, 0.1) is 13.0 Å². The van der Waals surface area contributed by atoms with Gasteiger partial charge < -0.3 is 20.3 Å². The first kappa shape index (κ1) is 28.3. The minimum absolute atomic E-state index is 0.176. The van der Waals surface area contributed by atoms with Crippen molar-refractivity contribution >= 4 is 23.7 Å². The molecule has 3 N–H and O–H groups in total. The fourth-order valence-electron chi connectivity index (χ4n) is 2.47. The molecule has 0 bridgehead atoms. The van der Waals surface area contributed by atoms with Crippen LogP contribution < -0.4 is 10.1 Å². The van der Waals surface area contributed by atoms with Gasteiger partial charge in [-0.2, -0.15) is 24.9 Å². The molecule has 0 aliphatic carbocycles. The summed E-state index contributed by atoms with van der Waals surface area (Å²) in [6.07, 6.45) is -2.93. The number of hydrogen-bond donors (Lipinski definition) is 3. The van der Waals surface area contributed by atoms with Crippen molar-refractivity contribution in [3.63, 3.8) is 0 Å². The molecule has 33 heavy (non-hydrogen) atoms. The van der Waals surface area contributed by atoms with Gasteiger partial charge in [-0.05, 0) is 42.6 Å². The zero-order valence-electron chi connectivity index (χ0n) is 18.0. The Kier molecular flexibility index (Phi) is 13.7. The molecule has 0 aromatic heterocycles. The lowest BCUT2D eigenvalue weighted by atomic mass is 10.1. The van der Waals surface area contributed by atoms with Crippen molar-refractivity contribution in [3.05, 3.63) is 65.7 Å². The van der Waals surface area contributed by atoms with Crippen molar-refractivity contribution in [1.29, 1.82) is 0 Å². The molecule has 0 radical (unpaired) electrons. The first-order chi connectivity index (χ1) is 15.7. The Morgan fingerprint density at radius 1 is 0.939 bits per heavy atom. The second kappa shape index (κ2) is 16.0. The summed E-state index contributed by atoms with van der Waals surface area (Å²) in [5.41, 5.74) is 2.62. The first-order valence-corrected chi connectivity index (χ1v) is 11.4. The molecule has 182 valence electrons. The summed E-state index contributed by atoms with van der Waals surface area (Å²) in [7, 11) is 0. The summed E-state index contributed by atoms with van der Waals surface area (Å²) >= 11 is 1.88. The standard InChI is InChI=1S/C21H27NO3S.C2HF3O2/c23-21(24)12-14-22-13-4-7-18-8-10-20(11-9-18)25-15-16-26-17-19-5-2-1-3-6-19;3-2(4,5)1(6)7/h1-3,5-6,8-11,22H,4,7,12-17H2,(H,23,24);(H,6,7). The van der Waals surface area contributed by atoms with Gasteiger partial charge in [-0.25, -0.2) is 4.79 Å². The number of carboxylic acids is 2. The highest BCUT2D eigenvalue weighted by Gasteiger charge is 2.38. The molecule has 2 aromatic carbocycles. The molecule has 2 rings (SSSR count). The largest absolute Gasteiger partial charge is 0.493 e. The summed E-state index contributed by atoms with van der Waals surface area (Å²) in [4.78, 5) is 19.3. The molecule has 0 fully saturated rings. The third-order valence-corrected chi connectivity index (χ3v) is 5.10. The number of thioether (sulfide) groups is 1. The van der Waals surface area contributed by atoms with E-state index in [1.54, 1.807) is 0 Å². The van der Waals surface area contributed by atoms with Crippen LogP contribution in [0.3, 0.4) is 0 Å². The van der Waals surface area contributed by atoms with Gasteiger partial charge in [0.2, 0.25) is 0 Å². The number of ether oxygens (including phenoxy) is 1. The number of carbonyl (C=O) groups is 2. The Balaban J connectivity index is 0.000000675. The van der Waals surface area contributed by atoms with E-state index in [4.69, 9.17) is 19.7 Å². The highest BCUT2D eigenvalue weighted by molar-refractivity contribution is 7.98. The predicted octanol–water partition coefficient (Wildman–Crippen LogP) is 4.63. The highest BCUT2D eigenvalue weighted by Crippen LogP contribution is 2.15. The van der Waals surface area contributed by atoms with Crippen LogP contribution in [0.15, 0.2) is 54.6 Å². The quantitative estimate of drug-likeness (QED) is 0.355. The van der Waals surface area contributed by atoms with Gasteiger partial charge in [-0.1, -0.05) is 42.5 Å². The molecule has 0 saturated heterocycles. The van der Waals surface area contributed by atoms with E-state index in [0.717, 1.165) is 36.6 Å². The number of carboxylic acid groups (broad SMARTS) is 2. The smallest absolute Gasteiger partial charge is 0.490 e. The van der Waals surface area contributed by atoms with Gasteiger partial charge in [-0.3, -0.25) is 4.79 Å². The van der Waals surface area contributed by atoms with E-state index >= 15 is 0 Å². The Morgan fingerprint density at radius 3 is 2.15 bits per heavy atom. The Labute approximate surface area is 195 Å². The van der Waals surface area contributed by atoms with E-state index in [9.17, 15) is 18.0 Å². The van der Waals surface area contributed by atoms with Crippen LogP contribution in [-0.4, -0.2) is 53.8 Å². The summed E-state index contributed by atoms with van der Waals surface area (Å²) in [5, 5.41) is 18.8. The maximum atomic E-state index is 10.6. The van der Waals surface area contributed by atoms with Gasteiger partial charge in [0.1, 0.15) is 5.75 Å². The number of benzene rings is 2. The Hall–Kier alpha value is -2.72. The highest BCUT2D eigenvalue weighted by atomic mass is 32.2. The van der Waals surface area contributed by atoms with Gasteiger partial charge in [0.15, 0.2) is 0 Å². The SMILES string of the molecule is O=C(O)C(F)(F)F.O=C(O)CCNCCCc1ccc(OCCSCc2ccccc2)cc1. The fourth-order valence-corrected chi connectivity index (χ4v) is 3.25. The zero-order valence-corrected chi connectivity index (χ0v) is 18.8. The van der Waals surface area contributed by atoms with Crippen LogP contribution in [0.25, 0.3) is 0 Å². The van der Waals surface area contributed by atoms with E-state index < -0.39 is 18.1 Å². The summed E-state index contributed by atoms with van der Waals surface area (Å²) in [5.74, 6) is -0.616. The third-order valence-electron chi connectivity index (χ3n) is 4.11. The third kappa shape index (κ3) is 14.9. The van der Waals surface area contributed by atoms with Gasteiger partial charge in [0.25, 0.3) is 0 Å². The second-order valence-corrected chi connectivity index (χ2v) is 7.94. The minimum Gasteiger partial charge on any atom is -0.493 e. The van der Waals surface area contributed by atoms with Gasteiger partial charge in [0, 0.05) is 18.1 Å². The normalized spacial score (nSPS) is 10.8. The van der Waals surface area contributed by atoms with Crippen molar-refractivity contribution < 1.29 is 37.7 Å². The van der Waals surface area contributed by atoms with E-state index in [2.05, 4.69) is 41.7 Å². The number of hydrogen-bond acceptors (Lipinski definition) is 5. The topological polar surface area (TPSA) is 95.9 Å². The maximum absolute atomic E-state index is 10.6. The number of aliphatic carboxylic acids is 2. The molecule has 0 unspecified atom stereocenters. The number of halogens is 3. The lowest BCUT2D eigenvalue weighted by Crippen LogP contribution is -2.21. The predicted molar refractivity (Wildman–Crippen MR) is 122 cm³/mol. The monoisotopic (exact) mass is 487 g/mol. The molecule has 0 atom stereocenters. The van der Waals surface area contributed by atoms with Crippen molar-refractivity contribution in [1.82, 2.24) is 5.32 Å². The average molecular weight is 488 g/mol. The Bertz CT molecular complexity index is 817. The van der Waals surface area contributed by atoms with Crippen molar-refractivity contribution in [2.45, 2.75) is 31.2 Å². The Morgan fingerprint density at radius 2 is 1.58 bits per heavy atom. The maximum Gasteiger partial charge on any atom is 0.490 e. The zero-order chi connectivity index (χ0) is 24.5. The molecule has 0 heterocycles. The molecule has 0 saturated carbocycles. The number of alkyl halides is 3. The molecule has 0 spiro atoms. The van der Waals surface area contributed by atoms with Crippen molar-refractivity contribution in [2.24, 2.45) is 0 Å². The van der Waals surface area contributed by atoms with Gasteiger partial charge in [-0.15, -0.1) is 0 Å². The van der Waals surface area contributed by atoms with Crippen molar-refractivity contribution in [3.8, 4) is 5.75 Å². The first-order valence-electron chi connectivity index (χ1n) is 10.2. The van der Waals surface area contributed by atoms with Gasteiger partial charge >= 0.3 is 18.1 Å². The van der Waals surface area contributed by atoms with Crippen LogP contribution in [0.2, 0.25) is 0 Å². The van der Waals surface area contributed by atoms with E-state index in [-0.39, 0.29) is 6.42 Å². The molecule has 0 aliphatic heterocycles. The fraction of sp³-hybridized carbons (Fsp3) is 0.391. The molecule has 10 heteroatoms. The van der Waals surface area contributed by atoms with Crippen LogP contribution in [0.4, 0.5) is 13.2 Å². The van der Waals surface area contributed by atoms with E-state index in [1.807, 2.05) is 30.0 Å². The minimum atomic E-state index is -5.08. The summed E-state index contributed by atoms with van der Waals surface area (Å²) < 4.78 is 37.5. The van der Waals surface area contributed by atoms with Crippen LogP contribution in [-0.2, 0) is 21.8 Å². The van der Waals surface area contributed by atoms with E-state index in [1.165, 1.54) is 11.1 Å². The average Bonchev–Trinajstić information content (AvgIpc) is 2.77. The van der Waals surface area contributed by atoms with Crippen LogP contribution in [0.1, 0.15) is 24.0 Å². The van der Waals surface area contributed by atoms with Crippen LogP contribution in [0, 0.1) is 0 Å². The summed E-state index contributed by atoms with van der Waals surface area (Å²) in [6, 6.07) is 18.7. The van der Waals surface area contributed by atoms with Crippen LogP contribution >= 0.6 is 11.8 Å². The lowest BCUT2D eigenvalue weighted by Gasteiger charge is -2.08. The molecule has 6 nitrogen and oxygen atoms in total. The van der Waals surface area contributed by atoms with E-state index in [0.29, 0.717) is 13.2 Å². The molecule has 0 aliphatic rings. The van der Waals surface area contributed by atoms with Crippen molar-refractivity contribution in [2.75, 3.05) is 25.4 Å².